The summed E-state index contributed by atoms with van der Waals surface area (Å²) in [7, 11) is -2.65. The standard InChI is InChI=1S/C71H51NOSi/c1-70(2)62-29-14-10-25-54(62)56-38-34-50(44-64(56)70)72(51-35-39-57-55-26-11-15-30-63(55)71(3,65(57)45-51)48-20-6-4-7-21-48)49-36-40-66-61(43-49)58-37-33-47(42-67(58)73-66)46-19-18-24-53(41-46)74(52-22-8-5-9-23-52)68-31-16-12-27-59(68)60-28-13-17-32-69(60)74/h4-45H,1-3H3. The molecule has 15 rings (SSSR count). The maximum absolute atomic E-state index is 6.86. The molecule has 0 N–H and O–H groups in total. The lowest BCUT2D eigenvalue weighted by Crippen LogP contribution is -2.72. The molecule has 2 aliphatic carbocycles. The van der Waals surface area contributed by atoms with E-state index in [1.54, 1.807) is 0 Å². The van der Waals surface area contributed by atoms with Gasteiger partial charge in [-0.05, 0) is 155 Å². The summed E-state index contributed by atoms with van der Waals surface area (Å²) < 4.78 is 6.86. The molecule has 0 bridgehead atoms. The third-order valence-corrected chi connectivity index (χ3v) is 22.1. The van der Waals surface area contributed by atoms with E-state index in [-0.39, 0.29) is 10.8 Å². The van der Waals surface area contributed by atoms with Gasteiger partial charge in [0.15, 0.2) is 8.07 Å². The van der Waals surface area contributed by atoms with Crippen molar-refractivity contribution < 1.29 is 4.42 Å². The lowest BCUT2D eigenvalue weighted by Gasteiger charge is -2.31. The molecule has 0 radical (unpaired) electrons. The molecule has 350 valence electrons. The third-order valence-electron chi connectivity index (χ3n) is 17.2. The minimum atomic E-state index is -2.65. The van der Waals surface area contributed by atoms with Crippen molar-refractivity contribution in [3.63, 3.8) is 0 Å². The van der Waals surface area contributed by atoms with Crippen LogP contribution in [-0.2, 0) is 10.8 Å². The zero-order valence-electron chi connectivity index (χ0n) is 41.6. The summed E-state index contributed by atoms with van der Waals surface area (Å²) in [5.74, 6) is 0. The summed E-state index contributed by atoms with van der Waals surface area (Å²) in [5.41, 5.74) is 21.5. The molecular formula is C71H51NOSi. The Labute approximate surface area is 433 Å². The van der Waals surface area contributed by atoms with Gasteiger partial charge in [0.2, 0.25) is 0 Å². The van der Waals surface area contributed by atoms with Gasteiger partial charge in [-0.1, -0.05) is 214 Å². The van der Waals surface area contributed by atoms with Crippen molar-refractivity contribution in [3.8, 4) is 44.5 Å². The molecule has 3 heteroatoms. The topological polar surface area (TPSA) is 16.4 Å². The Balaban J connectivity index is 0.878. The SMILES string of the molecule is CC1(C)c2ccccc2-c2ccc(N(c3ccc4c(c3)C(C)(c3ccccc3)c3ccccc3-4)c3ccc4oc5cc(-c6cccc([Si]7(c8ccccc8)c8ccccc8-c8ccccc87)c6)ccc5c4c3)cc21. The van der Waals surface area contributed by atoms with Crippen LogP contribution in [0.2, 0.25) is 0 Å². The average molecular weight is 962 g/mol. The second-order valence-corrected chi connectivity index (χ2v) is 25.0. The van der Waals surface area contributed by atoms with Crippen molar-refractivity contribution in [2.24, 2.45) is 0 Å². The van der Waals surface area contributed by atoms with Crippen LogP contribution in [0.5, 0.6) is 0 Å². The number of nitrogens with zero attached hydrogens (tertiary/aromatic N) is 1. The fraction of sp³-hybridized carbons (Fsp3) is 0.0704. The van der Waals surface area contributed by atoms with Gasteiger partial charge in [-0.3, -0.25) is 0 Å². The van der Waals surface area contributed by atoms with E-state index in [4.69, 9.17) is 4.42 Å². The molecule has 0 fully saturated rings. The minimum absolute atomic E-state index is 0.155. The molecule has 2 heterocycles. The van der Waals surface area contributed by atoms with Crippen LogP contribution in [0, 0.1) is 0 Å². The normalized spacial score (nSPS) is 16.0. The third kappa shape index (κ3) is 5.93. The zero-order chi connectivity index (χ0) is 49.3. The molecule has 0 saturated carbocycles. The number of hydrogen-bond donors (Lipinski definition) is 0. The summed E-state index contributed by atoms with van der Waals surface area (Å²) in [6.07, 6.45) is 0. The van der Waals surface area contributed by atoms with Crippen LogP contribution in [0.15, 0.2) is 259 Å². The molecule has 3 aliphatic rings. The van der Waals surface area contributed by atoms with Crippen LogP contribution < -0.4 is 25.6 Å². The molecular weight excluding hydrogens is 911 g/mol. The highest BCUT2D eigenvalue weighted by Gasteiger charge is 2.48. The van der Waals surface area contributed by atoms with Gasteiger partial charge < -0.3 is 9.32 Å². The van der Waals surface area contributed by atoms with E-state index in [1.807, 2.05) is 0 Å². The summed E-state index contributed by atoms with van der Waals surface area (Å²) in [6, 6.07) is 95.5. The van der Waals surface area contributed by atoms with Gasteiger partial charge >= 0.3 is 0 Å². The first-order valence-electron chi connectivity index (χ1n) is 26.0. The Morgan fingerprint density at radius 3 is 1.58 bits per heavy atom. The highest BCUT2D eigenvalue weighted by molar-refractivity contribution is 7.22. The van der Waals surface area contributed by atoms with Crippen molar-refractivity contribution in [1.82, 2.24) is 0 Å². The highest BCUT2D eigenvalue weighted by atomic mass is 28.3. The first-order valence-corrected chi connectivity index (χ1v) is 28.0. The molecule has 0 saturated heterocycles. The Bertz CT molecular complexity index is 4220. The number of hydrogen-bond acceptors (Lipinski definition) is 2. The van der Waals surface area contributed by atoms with Gasteiger partial charge in [0, 0.05) is 38.7 Å². The molecule has 2 nitrogen and oxygen atoms in total. The smallest absolute Gasteiger partial charge is 0.180 e. The van der Waals surface area contributed by atoms with E-state index < -0.39 is 8.07 Å². The molecule has 12 aromatic rings. The number of fused-ring (bicyclic) bond motifs is 12. The van der Waals surface area contributed by atoms with Crippen LogP contribution in [0.3, 0.4) is 0 Å². The van der Waals surface area contributed by atoms with Crippen molar-refractivity contribution in [2.75, 3.05) is 4.90 Å². The van der Waals surface area contributed by atoms with Gasteiger partial charge in [-0.2, -0.15) is 0 Å². The van der Waals surface area contributed by atoms with Crippen molar-refractivity contribution >= 4 is 67.8 Å². The average Bonchev–Trinajstić information content (AvgIpc) is 4.14. The number of furan rings is 1. The molecule has 11 aromatic carbocycles. The van der Waals surface area contributed by atoms with Gasteiger partial charge in [-0.15, -0.1) is 0 Å². The molecule has 0 spiro atoms. The molecule has 1 atom stereocenters. The van der Waals surface area contributed by atoms with E-state index in [1.165, 1.54) is 87.5 Å². The van der Waals surface area contributed by atoms with E-state index >= 15 is 0 Å². The molecule has 74 heavy (non-hydrogen) atoms. The fourth-order valence-electron chi connectivity index (χ4n) is 13.7. The number of rotatable bonds is 7. The lowest BCUT2D eigenvalue weighted by molar-refractivity contribution is 0.660. The second-order valence-electron chi connectivity index (χ2n) is 21.3. The van der Waals surface area contributed by atoms with Gasteiger partial charge in [0.05, 0.1) is 0 Å². The number of benzene rings is 11. The lowest BCUT2D eigenvalue weighted by atomic mass is 9.74. The molecule has 1 aliphatic heterocycles. The zero-order valence-corrected chi connectivity index (χ0v) is 42.6. The predicted octanol–water partition coefficient (Wildman–Crippen LogP) is 15.7. The van der Waals surface area contributed by atoms with E-state index in [2.05, 4.69) is 280 Å². The van der Waals surface area contributed by atoms with Crippen molar-refractivity contribution in [3.05, 3.63) is 283 Å². The van der Waals surface area contributed by atoms with Crippen molar-refractivity contribution in [2.45, 2.75) is 31.6 Å². The van der Waals surface area contributed by atoms with Gasteiger partial charge in [-0.25, -0.2) is 0 Å². The van der Waals surface area contributed by atoms with Crippen LogP contribution in [0.4, 0.5) is 17.1 Å². The first-order chi connectivity index (χ1) is 36.3. The Kier molecular flexibility index (Phi) is 9.19. The van der Waals surface area contributed by atoms with Gasteiger partial charge in [0.1, 0.15) is 11.2 Å². The van der Waals surface area contributed by atoms with E-state index in [0.717, 1.165) is 44.6 Å². The Morgan fingerprint density at radius 1 is 0.338 bits per heavy atom. The molecule has 1 unspecified atom stereocenters. The molecule has 0 amide bonds. The Hall–Kier alpha value is -8.76. The summed E-state index contributed by atoms with van der Waals surface area (Å²) in [6.45, 7) is 7.14. The summed E-state index contributed by atoms with van der Waals surface area (Å²) in [4.78, 5) is 2.47. The van der Waals surface area contributed by atoms with Crippen molar-refractivity contribution in [1.29, 1.82) is 0 Å². The van der Waals surface area contributed by atoms with Crippen LogP contribution in [-0.4, -0.2) is 8.07 Å². The van der Waals surface area contributed by atoms with E-state index in [0.29, 0.717) is 0 Å². The Morgan fingerprint density at radius 2 is 0.865 bits per heavy atom. The quantitative estimate of drug-likeness (QED) is 0.148. The number of anilines is 3. The second kappa shape index (κ2) is 15.9. The van der Waals surface area contributed by atoms with E-state index in [9.17, 15) is 0 Å². The van der Waals surface area contributed by atoms with Crippen LogP contribution >= 0.6 is 0 Å². The monoisotopic (exact) mass is 961 g/mol. The molecule has 1 aromatic heterocycles. The summed E-state index contributed by atoms with van der Waals surface area (Å²) in [5, 5.41) is 7.87. The highest BCUT2D eigenvalue weighted by Crippen LogP contribution is 2.55. The van der Waals surface area contributed by atoms with Crippen LogP contribution in [0.1, 0.15) is 48.6 Å². The maximum atomic E-state index is 6.86. The largest absolute Gasteiger partial charge is 0.456 e. The predicted molar refractivity (Wildman–Crippen MR) is 311 cm³/mol. The van der Waals surface area contributed by atoms with Crippen LogP contribution in [0.25, 0.3) is 66.4 Å². The first kappa shape index (κ1) is 42.9. The maximum Gasteiger partial charge on any atom is 0.180 e. The summed E-state index contributed by atoms with van der Waals surface area (Å²) >= 11 is 0. The minimum Gasteiger partial charge on any atom is -0.456 e. The van der Waals surface area contributed by atoms with Gasteiger partial charge in [0.25, 0.3) is 0 Å². The fourth-order valence-corrected chi connectivity index (χ4v) is 18.9.